The van der Waals surface area contributed by atoms with Crippen LogP contribution in [0.15, 0.2) is 16.7 Å². The molecular formula is C12H18O2. The third-order valence-electron chi connectivity index (χ3n) is 2.50. The summed E-state index contributed by atoms with van der Waals surface area (Å²) in [5, 5.41) is 0. The fraction of sp³-hybridized carbons (Fsp3) is 0.667. The van der Waals surface area contributed by atoms with Gasteiger partial charge in [0.2, 0.25) is 0 Å². The van der Waals surface area contributed by atoms with Crippen LogP contribution in [0, 0.1) is 5.92 Å². The molecule has 0 N–H and O–H groups in total. The van der Waals surface area contributed by atoms with Crippen molar-refractivity contribution in [1.29, 1.82) is 0 Å². The van der Waals surface area contributed by atoms with Crippen LogP contribution in [0.5, 0.6) is 5.75 Å². The zero-order valence-electron chi connectivity index (χ0n) is 9.17. The zero-order chi connectivity index (χ0) is 10.2. The van der Waals surface area contributed by atoms with Gasteiger partial charge in [0.1, 0.15) is 12.0 Å². The molecule has 0 bridgehead atoms. The lowest BCUT2D eigenvalue weighted by molar-refractivity contribution is 0.296. The Hall–Kier alpha value is -0.920. The quantitative estimate of drug-likeness (QED) is 0.736. The van der Waals surface area contributed by atoms with E-state index in [1.54, 1.807) is 6.26 Å². The van der Waals surface area contributed by atoms with Gasteiger partial charge in [-0.05, 0) is 18.8 Å². The molecule has 0 atom stereocenters. The molecule has 1 fully saturated rings. The Kier molecular flexibility index (Phi) is 2.30. The Bertz CT molecular complexity index is 302. The molecule has 0 spiro atoms. The van der Waals surface area contributed by atoms with E-state index in [9.17, 15) is 0 Å². The second-order valence-electron chi connectivity index (χ2n) is 5.15. The maximum Gasteiger partial charge on any atom is 0.157 e. The van der Waals surface area contributed by atoms with Gasteiger partial charge in [-0.2, -0.15) is 0 Å². The smallest absolute Gasteiger partial charge is 0.157 e. The Labute approximate surface area is 85.3 Å². The van der Waals surface area contributed by atoms with E-state index in [-0.39, 0.29) is 5.41 Å². The summed E-state index contributed by atoms with van der Waals surface area (Å²) >= 11 is 0. The van der Waals surface area contributed by atoms with E-state index in [4.69, 9.17) is 9.15 Å². The number of hydrogen-bond donors (Lipinski definition) is 0. The van der Waals surface area contributed by atoms with Crippen molar-refractivity contribution >= 4 is 0 Å². The monoisotopic (exact) mass is 194 g/mol. The highest BCUT2D eigenvalue weighted by molar-refractivity contribution is 5.23. The number of rotatable bonds is 3. The molecular weight excluding hydrogens is 176 g/mol. The van der Waals surface area contributed by atoms with Crippen molar-refractivity contribution in [2.75, 3.05) is 6.61 Å². The average molecular weight is 194 g/mol. The van der Waals surface area contributed by atoms with Crippen molar-refractivity contribution in [3.05, 3.63) is 18.1 Å². The van der Waals surface area contributed by atoms with Gasteiger partial charge in [0, 0.05) is 11.5 Å². The summed E-state index contributed by atoms with van der Waals surface area (Å²) in [7, 11) is 0. The molecule has 2 rings (SSSR count). The van der Waals surface area contributed by atoms with Crippen LogP contribution in [0.2, 0.25) is 0 Å². The Morgan fingerprint density at radius 2 is 2.14 bits per heavy atom. The normalized spacial score (nSPS) is 17.1. The van der Waals surface area contributed by atoms with Crippen molar-refractivity contribution in [2.45, 2.75) is 39.0 Å². The first-order valence-corrected chi connectivity index (χ1v) is 5.27. The maximum atomic E-state index is 5.61. The molecule has 0 unspecified atom stereocenters. The van der Waals surface area contributed by atoms with Crippen LogP contribution in [0.3, 0.4) is 0 Å². The predicted molar refractivity (Wildman–Crippen MR) is 55.6 cm³/mol. The average Bonchev–Trinajstić information content (AvgIpc) is 2.77. The molecule has 1 aliphatic carbocycles. The van der Waals surface area contributed by atoms with E-state index in [2.05, 4.69) is 20.8 Å². The highest BCUT2D eigenvalue weighted by atomic mass is 16.5. The molecule has 0 aliphatic heterocycles. The van der Waals surface area contributed by atoms with Gasteiger partial charge in [0.25, 0.3) is 0 Å². The third-order valence-corrected chi connectivity index (χ3v) is 2.50. The van der Waals surface area contributed by atoms with E-state index in [1.165, 1.54) is 12.8 Å². The molecule has 0 radical (unpaired) electrons. The van der Waals surface area contributed by atoms with Gasteiger partial charge in [-0.3, -0.25) is 0 Å². The number of ether oxygens (including phenoxy) is 1. The Morgan fingerprint density at radius 3 is 2.64 bits per heavy atom. The predicted octanol–water partition coefficient (Wildman–Crippen LogP) is 3.37. The molecule has 1 heterocycles. The SMILES string of the molecule is CC(C)(C)c1cc(OCC2CC2)co1. The molecule has 2 heteroatoms. The molecule has 0 saturated heterocycles. The van der Waals surface area contributed by atoms with Crippen LogP contribution in [-0.4, -0.2) is 6.61 Å². The van der Waals surface area contributed by atoms with Crippen molar-refractivity contribution in [1.82, 2.24) is 0 Å². The topological polar surface area (TPSA) is 22.4 Å². The largest absolute Gasteiger partial charge is 0.490 e. The minimum atomic E-state index is 0.0706. The highest BCUT2D eigenvalue weighted by Gasteiger charge is 2.23. The minimum absolute atomic E-state index is 0.0706. The molecule has 0 amide bonds. The molecule has 1 aliphatic rings. The van der Waals surface area contributed by atoms with Crippen molar-refractivity contribution in [3.8, 4) is 5.75 Å². The van der Waals surface area contributed by atoms with Crippen LogP contribution in [0.1, 0.15) is 39.4 Å². The summed E-state index contributed by atoms with van der Waals surface area (Å²) in [6, 6.07) is 2.00. The third kappa shape index (κ3) is 2.31. The second-order valence-corrected chi connectivity index (χ2v) is 5.15. The summed E-state index contributed by atoms with van der Waals surface area (Å²) in [6.45, 7) is 7.26. The van der Waals surface area contributed by atoms with Crippen molar-refractivity contribution in [3.63, 3.8) is 0 Å². The summed E-state index contributed by atoms with van der Waals surface area (Å²) in [4.78, 5) is 0. The highest BCUT2D eigenvalue weighted by Crippen LogP contribution is 2.31. The van der Waals surface area contributed by atoms with E-state index in [0.717, 1.165) is 24.0 Å². The van der Waals surface area contributed by atoms with Gasteiger partial charge >= 0.3 is 0 Å². The Morgan fingerprint density at radius 1 is 1.43 bits per heavy atom. The van der Waals surface area contributed by atoms with Gasteiger partial charge in [0.15, 0.2) is 5.75 Å². The van der Waals surface area contributed by atoms with Gasteiger partial charge in [0.05, 0.1) is 6.61 Å². The molecule has 78 valence electrons. The molecule has 2 nitrogen and oxygen atoms in total. The summed E-state index contributed by atoms with van der Waals surface area (Å²) in [5.41, 5.74) is 0.0706. The van der Waals surface area contributed by atoms with E-state index < -0.39 is 0 Å². The second kappa shape index (κ2) is 3.34. The summed E-state index contributed by atoms with van der Waals surface area (Å²) in [6.07, 6.45) is 4.36. The maximum absolute atomic E-state index is 5.61. The van der Waals surface area contributed by atoms with Gasteiger partial charge in [-0.25, -0.2) is 0 Å². The summed E-state index contributed by atoms with van der Waals surface area (Å²) in [5.74, 6) is 2.66. The standard InChI is InChI=1S/C12H18O2/c1-12(2,3)11-6-10(8-14-11)13-7-9-4-5-9/h6,8-9H,4-5,7H2,1-3H3. The lowest BCUT2D eigenvalue weighted by Gasteiger charge is -2.13. The van der Waals surface area contributed by atoms with Crippen LogP contribution in [-0.2, 0) is 5.41 Å². The molecule has 14 heavy (non-hydrogen) atoms. The summed E-state index contributed by atoms with van der Waals surface area (Å²) < 4.78 is 11.1. The van der Waals surface area contributed by atoms with Crippen molar-refractivity contribution < 1.29 is 9.15 Å². The molecule has 1 aromatic rings. The molecule has 0 aromatic carbocycles. The zero-order valence-corrected chi connectivity index (χ0v) is 9.17. The minimum Gasteiger partial charge on any atom is -0.490 e. The lowest BCUT2D eigenvalue weighted by Crippen LogP contribution is -2.09. The number of hydrogen-bond acceptors (Lipinski definition) is 2. The van der Waals surface area contributed by atoms with Crippen LogP contribution >= 0.6 is 0 Å². The van der Waals surface area contributed by atoms with Crippen LogP contribution in [0.25, 0.3) is 0 Å². The fourth-order valence-electron chi connectivity index (χ4n) is 1.29. The van der Waals surface area contributed by atoms with Crippen molar-refractivity contribution in [2.24, 2.45) is 5.92 Å². The molecule has 1 aromatic heterocycles. The molecule has 1 saturated carbocycles. The van der Waals surface area contributed by atoms with E-state index in [1.807, 2.05) is 6.07 Å². The van der Waals surface area contributed by atoms with Gasteiger partial charge in [-0.15, -0.1) is 0 Å². The van der Waals surface area contributed by atoms with E-state index >= 15 is 0 Å². The first-order chi connectivity index (χ1) is 6.55. The fourth-order valence-corrected chi connectivity index (χ4v) is 1.29. The van der Waals surface area contributed by atoms with E-state index in [0.29, 0.717) is 0 Å². The Balaban J connectivity index is 1.94. The lowest BCUT2D eigenvalue weighted by atomic mass is 9.93. The van der Waals surface area contributed by atoms with Gasteiger partial charge in [-0.1, -0.05) is 20.8 Å². The first kappa shape index (κ1) is 9.63. The van der Waals surface area contributed by atoms with Gasteiger partial charge < -0.3 is 9.15 Å². The first-order valence-electron chi connectivity index (χ1n) is 5.27. The number of furan rings is 1. The van der Waals surface area contributed by atoms with Crippen LogP contribution in [0.4, 0.5) is 0 Å². The van der Waals surface area contributed by atoms with Crippen LogP contribution < -0.4 is 4.74 Å².